The van der Waals surface area contributed by atoms with E-state index in [2.05, 4.69) is 132 Å². The predicted octanol–water partition coefficient (Wildman–Crippen LogP) is 9.26. The zero-order chi connectivity index (χ0) is 40.7. The van der Waals surface area contributed by atoms with Crippen LogP contribution in [0.4, 0.5) is 0 Å². The molecule has 240 valence electrons. The molecule has 2 heterocycles. The zero-order valence-corrected chi connectivity index (χ0v) is 30.3. The van der Waals surface area contributed by atoms with Crippen molar-refractivity contribution in [2.45, 2.75) is 0 Å². The van der Waals surface area contributed by atoms with Gasteiger partial charge in [-0.15, -0.1) is 0 Å². The first-order valence-corrected chi connectivity index (χ1v) is 22.7. The molecule has 0 fully saturated rings. The van der Waals surface area contributed by atoms with Gasteiger partial charge in [-0.2, -0.15) is 0 Å². The third-order valence-electron chi connectivity index (χ3n) is 10.1. The standard InChI is InChI=1S/C30H19N2.3C6H5.Sn/c1-2-10-21(11-3-1)31-29-17-9-6-14-25(29)26-20-22(18-19-30(26)31)32-27-15-7-4-12-23(27)24-13-5-8-16-28(24)32;3*1-2-4-6-5-3-1;/h2-20H;3*1-5H;/i4D,5D,7D,8D,12D,13D,15D,16D;;;;. The topological polar surface area (TPSA) is 9.86 Å². The van der Waals surface area contributed by atoms with Crippen LogP contribution in [0.15, 0.2) is 206 Å². The predicted molar refractivity (Wildman–Crippen MR) is 219 cm³/mol. The second-order valence-corrected chi connectivity index (χ2v) is 23.6. The van der Waals surface area contributed by atoms with Crippen LogP contribution in [-0.2, 0) is 0 Å². The van der Waals surface area contributed by atoms with Gasteiger partial charge in [0.15, 0.2) is 0 Å². The molecule has 0 radical (unpaired) electrons. The first-order valence-electron chi connectivity index (χ1n) is 21.0. The third-order valence-corrected chi connectivity index (χ3v) is 23.8. The number of fused-ring (bicyclic) bond motifs is 6. The quantitative estimate of drug-likeness (QED) is 0.150. The molecule has 0 saturated carbocycles. The minimum absolute atomic E-state index is 0.0589. The maximum atomic E-state index is 9.01. The summed E-state index contributed by atoms with van der Waals surface area (Å²) in [5.74, 6) is 0. The molecule has 51 heavy (non-hydrogen) atoms. The van der Waals surface area contributed by atoms with Crippen molar-refractivity contribution in [2.24, 2.45) is 0 Å². The van der Waals surface area contributed by atoms with Crippen molar-refractivity contribution in [3.8, 4) is 11.4 Å². The summed E-state index contributed by atoms with van der Waals surface area (Å²) >= 11 is -3.85. The Morgan fingerprint density at radius 1 is 0.333 bits per heavy atom. The molecule has 0 aliphatic rings. The molecular weight excluding hydrogens is 723 g/mol. The van der Waals surface area contributed by atoms with Crippen molar-refractivity contribution >= 4 is 76.3 Å². The Labute approximate surface area is 312 Å². The maximum absolute atomic E-state index is 9.01. The molecular formula is C48H34N2Sn. The minimum atomic E-state index is -3.85. The van der Waals surface area contributed by atoms with E-state index in [1.54, 1.807) is 4.57 Å². The van der Waals surface area contributed by atoms with Crippen molar-refractivity contribution in [1.82, 2.24) is 9.13 Å². The van der Waals surface area contributed by atoms with Gasteiger partial charge in [0.1, 0.15) is 0 Å². The van der Waals surface area contributed by atoms with Crippen LogP contribution in [0.5, 0.6) is 0 Å². The van der Waals surface area contributed by atoms with Gasteiger partial charge in [-0.3, -0.25) is 0 Å². The fraction of sp³-hybridized carbons (Fsp3) is 0. The average Bonchev–Trinajstić information content (AvgIpc) is 3.82. The van der Waals surface area contributed by atoms with Crippen LogP contribution in [0.25, 0.3) is 55.0 Å². The van der Waals surface area contributed by atoms with Gasteiger partial charge in [0.25, 0.3) is 0 Å². The second kappa shape index (κ2) is 12.2. The third kappa shape index (κ3) is 4.63. The number of nitrogens with zero attached hydrogens (tertiary/aromatic N) is 2. The molecule has 0 N–H and O–H groups in total. The molecule has 8 aromatic carbocycles. The van der Waals surface area contributed by atoms with Gasteiger partial charge in [-0.25, -0.2) is 0 Å². The number of rotatable bonds is 6. The fourth-order valence-electron chi connectivity index (χ4n) is 7.98. The Bertz CT molecular complexity index is 3120. The summed E-state index contributed by atoms with van der Waals surface area (Å²) in [4.78, 5) is 0. The molecule has 0 saturated heterocycles. The van der Waals surface area contributed by atoms with Gasteiger partial charge in [-0.05, 0) is 0 Å². The van der Waals surface area contributed by atoms with Crippen LogP contribution >= 0.6 is 0 Å². The molecule has 3 heteroatoms. The Balaban J connectivity index is 1.21. The average molecular weight is 766 g/mol. The van der Waals surface area contributed by atoms with E-state index in [9.17, 15) is 0 Å². The monoisotopic (exact) mass is 766 g/mol. The van der Waals surface area contributed by atoms with Crippen LogP contribution in [0.1, 0.15) is 11.0 Å². The fourth-order valence-corrected chi connectivity index (χ4v) is 21.5. The molecule has 0 aliphatic heterocycles. The SMILES string of the molecule is [2H]c1c([2H])c([2H])c2c(c1[2H])c1c([2H])c([2H])c([2H])c([2H])c1n2-c1ccc2c(c1)c1ccccc1n2-c1cc[c]([Sn]([c]2ccccc2)([c]2ccccc2)[c]2ccccc2)cc1. The number of benzene rings is 8. The molecule has 0 bridgehead atoms. The number of hydrogen-bond acceptors (Lipinski definition) is 0. The Hall–Kier alpha value is -5.84. The summed E-state index contributed by atoms with van der Waals surface area (Å²) in [7, 11) is 0. The van der Waals surface area contributed by atoms with Crippen LogP contribution in [-0.4, -0.2) is 27.5 Å². The summed E-state index contributed by atoms with van der Waals surface area (Å²) in [6, 6.07) is 52.5. The van der Waals surface area contributed by atoms with Crippen LogP contribution in [0.3, 0.4) is 0 Å². The van der Waals surface area contributed by atoms with Gasteiger partial charge in [0.2, 0.25) is 0 Å². The van der Waals surface area contributed by atoms with E-state index in [-0.39, 0.29) is 46.0 Å². The normalized spacial score (nSPS) is 14.1. The summed E-state index contributed by atoms with van der Waals surface area (Å²) < 4.78 is 78.9. The summed E-state index contributed by atoms with van der Waals surface area (Å²) in [5, 5.41) is 1.96. The molecule has 0 spiro atoms. The van der Waals surface area contributed by atoms with Crippen molar-refractivity contribution in [2.75, 3.05) is 0 Å². The first kappa shape index (κ1) is 22.8. The molecule has 10 rings (SSSR count). The first-order chi connectivity index (χ1) is 28.6. The number of aromatic nitrogens is 2. The molecule has 0 unspecified atom stereocenters. The van der Waals surface area contributed by atoms with E-state index >= 15 is 0 Å². The van der Waals surface area contributed by atoms with Gasteiger partial charge in [0.05, 0.1) is 11.0 Å². The zero-order valence-electron chi connectivity index (χ0n) is 35.4. The number of para-hydroxylation sites is 3. The van der Waals surface area contributed by atoms with Crippen molar-refractivity contribution in [1.29, 1.82) is 0 Å². The molecule has 10 aromatic rings. The Morgan fingerprint density at radius 3 is 1.33 bits per heavy atom. The molecule has 0 atom stereocenters. The number of hydrogen-bond donors (Lipinski definition) is 0. The molecule has 0 aliphatic carbocycles. The molecule has 0 amide bonds. The van der Waals surface area contributed by atoms with Crippen molar-refractivity contribution in [3.05, 3.63) is 206 Å². The van der Waals surface area contributed by atoms with Gasteiger partial charge >= 0.3 is 267 Å². The molecule has 2 aromatic heterocycles. The van der Waals surface area contributed by atoms with E-state index in [0.29, 0.717) is 5.69 Å². The van der Waals surface area contributed by atoms with E-state index in [4.69, 9.17) is 11.0 Å². The van der Waals surface area contributed by atoms with E-state index in [1.807, 2.05) is 30.3 Å². The van der Waals surface area contributed by atoms with E-state index < -0.39 is 42.5 Å². The van der Waals surface area contributed by atoms with Crippen LogP contribution in [0, 0.1) is 0 Å². The van der Waals surface area contributed by atoms with Gasteiger partial charge < -0.3 is 0 Å². The summed E-state index contributed by atoms with van der Waals surface area (Å²) in [6.07, 6.45) is 0. The second-order valence-electron chi connectivity index (χ2n) is 12.7. The van der Waals surface area contributed by atoms with Gasteiger partial charge in [0, 0.05) is 0 Å². The van der Waals surface area contributed by atoms with Crippen molar-refractivity contribution in [3.63, 3.8) is 0 Å². The Morgan fingerprint density at radius 2 is 0.765 bits per heavy atom. The van der Waals surface area contributed by atoms with E-state index in [1.165, 1.54) is 14.3 Å². The summed E-state index contributed by atoms with van der Waals surface area (Å²) in [5.41, 5.74) is 3.57. The van der Waals surface area contributed by atoms with Crippen molar-refractivity contribution < 1.29 is 11.0 Å². The van der Waals surface area contributed by atoms with Crippen LogP contribution in [0.2, 0.25) is 0 Å². The van der Waals surface area contributed by atoms with Gasteiger partial charge in [-0.1, -0.05) is 36.3 Å². The Kier molecular flexibility index (Phi) is 5.45. The summed E-state index contributed by atoms with van der Waals surface area (Å²) in [6.45, 7) is 0. The van der Waals surface area contributed by atoms with Crippen LogP contribution < -0.4 is 14.3 Å². The molecule has 2 nitrogen and oxygen atoms in total. The van der Waals surface area contributed by atoms with E-state index in [0.717, 1.165) is 27.5 Å².